The Morgan fingerprint density at radius 3 is 1.72 bits per heavy atom. The smallest absolute Gasteiger partial charge is 0.468 e. The number of carbonyl (C=O) groups is 2. The van der Waals surface area contributed by atoms with Crippen molar-refractivity contribution in [3.8, 4) is 0 Å². The lowest BCUT2D eigenvalue weighted by atomic mass is 10.0. The third kappa shape index (κ3) is 3.09. The van der Waals surface area contributed by atoms with Crippen LogP contribution in [0.25, 0.3) is 0 Å². The Bertz CT molecular complexity index is 354. The van der Waals surface area contributed by atoms with Crippen LogP contribution in [0.3, 0.4) is 0 Å². The lowest BCUT2D eigenvalue weighted by Crippen LogP contribution is -2.46. The molecule has 0 rings (SSSR count). The summed E-state index contributed by atoms with van der Waals surface area (Å²) in [6.45, 7) is 0. The fourth-order valence-corrected chi connectivity index (χ4v) is 1.02. The van der Waals surface area contributed by atoms with Gasteiger partial charge in [0.2, 0.25) is 0 Å². The van der Waals surface area contributed by atoms with Crippen LogP contribution >= 0.6 is 0 Å². The molecule has 18 heavy (non-hydrogen) atoms. The maximum absolute atomic E-state index is 13.5. The molecule has 0 aliphatic rings. The average molecular weight is 268 g/mol. The highest BCUT2D eigenvalue weighted by Crippen LogP contribution is 2.25. The summed E-state index contributed by atoms with van der Waals surface area (Å²) in [4.78, 5) is 39.1. The van der Waals surface area contributed by atoms with Crippen molar-refractivity contribution in [2.75, 3.05) is 14.2 Å². The second kappa shape index (κ2) is 5.84. The van der Waals surface area contributed by atoms with Gasteiger partial charge in [-0.1, -0.05) is 4.39 Å². The number of nitrogens with zero attached hydrogens (tertiary/aromatic N) is 2. The van der Waals surface area contributed by atoms with E-state index in [1.165, 1.54) is 0 Å². The van der Waals surface area contributed by atoms with Crippen LogP contribution < -0.4 is 0 Å². The number of rotatable bonds is 6. The van der Waals surface area contributed by atoms with E-state index < -0.39 is 40.0 Å². The predicted octanol–water partition coefficient (Wildman–Crippen LogP) is -0.485. The number of hydrogen-bond donors (Lipinski definition) is 0. The lowest BCUT2D eigenvalue weighted by molar-refractivity contribution is -0.832. The van der Waals surface area contributed by atoms with Gasteiger partial charge in [-0.25, -0.2) is 0 Å². The standard InChI is InChI=1S/C7H9FN2O8/c1-17-5(11)4(6(12)18-2)3-7(8,9(13)14)10(15)16/h4H,3H2,1-2H3. The van der Waals surface area contributed by atoms with Crippen molar-refractivity contribution in [1.29, 1.82) is 0 Å². The number of nitro groups is 2. The molecule has 0 atom stereocenters. The van der Waals surface area contributed by atoms with E-state index in [1.54, 1.807) is 0 Å². The molecule has 0 N–H and O–H groups in total. The fraction of sp³-hybridized carbons (Fsp3) is 0.714. The molecule has 0 spiro atoms. The summed E-state index contributed by atoms with van der Waals surface area (Å²) in [5, 5.41) is 20.6. The second-order valence-electron chi connectivity index (χ2n) is 3.04. The Balaban J connectivity index is 5.30. The van der Waals surface area contributed by atoms with Crippen LogP contribution in [0.2, 0.25) is 0 Å². The number of ether oxygens (including phenoxy) is 2. The van der Waals surface area contributed by atoms with Crippen LogP contribution in [0.1, 0.15) is 6.42 Å². The van der Waals surface area contributed by atoms with Crippen LogP contribution in [0.5, 0.6) is 0 Å². The first-order valence-corrected chi connectivity index (χ1v) is 4.34. The van der Waals surface area contributed by atoms with E-state index in [0.29, 0.717) is 0 Å². The first-order valence-electron chi connectivity index (χ1n) is 4.34. The summed E-state index contributed by atoms with van der Waals surface area (Å²) in [7, 11) is 1.66. The van der Waals surface area contributed by atoms with Gasteiger partial charge < -0.3 is 9.47 Å². The number of halogens is 1. The molecule has 11 heteroatoms. The molecule has 0 aromatic heterocycles. The van der Waals surface area contributed by atoms with E-state index in [2.05, 4.69) is 9.47 Å². The minimum absolute atomic E-state index is 0.830. The summed E-state index contributed by atoms with van der Waals surface area (Å²) in [6, 6.07) is 0. The maximum Gasteiger partial charge on any atom is 0.615 e. The molecule has 0 heterocycles. The monoisotopic (exact) mass is 268 g/mol. The molecule has 0 radical (unpaired) electrons. The van der Waals surface area contributed by atoms with Crippen LogP contribution in [-0.2, 0) is 19.1 Å². The molecule has 0 saturated heterocycles. The number of carbonyl (C=O) groups excluding carboxylic acids is 2. The largest absolute Gasteiger partial charge is 0.615 e. The van der Waals surface area contributed by atoms with Gasteiger partial charge in [0.1, 0.15) is 9.85 Å². The molecule has 102 valence electrons. The molecule has 0 aliphatic heterocycles. The van der Waals surface area contributed by atoms with Gasteiger partial charge in [0, 0.05) is 0 Å². The molecule has 0 aromatic rings. The summed E-state index contributed by atoms with van der Waals surface area (Å²) >= 11 is 0. The summed E-state index contributed by atoms with van der Waals surface area (Å²) in [6.07, 6.45) is -1.62. The maximum atomic E-state index is 13.5. The van der Waals surface area contributed by atoms with Gasteiger partial charge in [-0.05, 0) is 0 Å². The second-order valence-corrected chi connectivity index (χ2v) is 3.04. The molecule has 0 fully saturated rings. The molecule has 0 bridgehead atoms. The summed E-state index contributed by atoms with van der Waals surface area (Å²) in [5.74, 6) is -9.01. The van der Waals surface area contributed by atoms with Crippen LogP contribution in [0.4, 0.5) is 4.39 Å². The third-order valence-corrected chi connectivity index (χ3v) is 1.99. The molecular formula is C7H9FN2O8. The number of hydrogen-bond acceptors (Lipinski definition) is 8. The minimum Gasteiger partial charge on any atom is -0.468 e. The molecule has 0 saturated carbocycles. The Morgan fingerprint density at radius 1 is 1.17 bits per heavy atom. The quantitative estimate of drug-likeness (QED) is 0.157. The van der Waals surface area contributed by atoms with Gasteiger partial charge in [-0.3, -0.25) is 29.8 Å². The third-order valence-electron chi connectivity index (χ3n) is 1.99. The number of esters is 2. The van der Waals surface area contributed by atoms with Crippen LogP contribution in [-0.4, -0.2) is 41.9 Å². The summed E-state index contributed by atoms with van der Waals surface area (Å²) < 4.78 is 21.6. The highest BCUT2D eigenvalue weighted by Gasteiger charge is 2.61. The van der Waals surface area contributed by atoms with Gasteiger partial charge in [-0.2, -0.15) is 0 Å². The van der Waals surface area contributed by atoms with Crippen molar-refractivity contribution >= 4 is 11.9 Å². The van der Waals surface area contributed by atoms with E-state index >= 15 is 0 Å². The highest BCUT2D eigenvalue weighted by atomic mass is 19.2. The van der Waals surface area contributed by atoms with Crippen molar-refractivity contribution in [3.05, 3.63) is 20.2 Å². The molecule has 0 aliphatic carbocycles. The number of methoxy groups -OCH3 is 2. The molecule has 0 aromatic carbocycles. The van der Waals surface area contributed by atoms with Gasteiger partial charge in [0.15, 0.2) is 12.3 Å². The highest BCUT2D eigenvalue weighted by molar-refractivity contribution is 5.94. The number of alkyl halides is 1. The minimum atomic E-state index is -4.17. The van der Waals surface area contributed by atoms with Gasteiger partial charge in [0.05, 0.1) is 14.2 Å². The van der Waals surface area contributed by atoms with E-state index in [0.717, 1.165) is 14.2 Å². The molecular weight excluding hydrogens is 259 g/mol. The van der Waals surface area contributed by atoms with E-state index in [-0.39, 0.29) is 0 Å². The van der Waals surface area contributed by atoms with E-state index in [4.69, 9.17) is 0 Å². The Morgan fingerprint density at radius 2 is 1.50 bits per heavy atom. The van der Waals surface area contributed by atoms with E-state index in [9.17, 15) is 34.2 Å². The molecule has 10 nitrogen and oxygen atoms in total. The lowest BCUT2D eigenvalue weighted by Gasteiger charge is -2.13. The van der Waals surface area contributed by atoms with Crippen LogP contribution in [0, 0.1) is 26.1 Å². The predicted molar refractivity (Wildman–Crippen MR) is 50.0 cm³/mol. The SMILES string of the molecule is COC(=O)C(CC(F)([N+](=O)[O-])[N+](=O)[O-])C(=O)OC. The zero-order chi connectivity index (χ0) is 14.5. The van der Waals surface area contributed by atoms with Crippen molar-refractivity contribution in [2.24, 2.45) is 5.92 Å². The van der Waals surface area contributed by atoms with E-state index in [1.807, 2.05) is 0 Å². The van der Waals surface area contributed by atoms with Crippen molar-refractivity contribution in [1.82, 2.24) is 0 Å². The Kier molecular flexibility index (Phi) is 5.08. The molecule has 0 unspecified atom stereocenters. The zero-order valence-corrected chi connectivity index (χ0v) is 9.32. The normalized spacial score (nSPS) is 10.9. The van der Waals surface area contributed by atoms with Crippen molar-refractivity contribution in [2.45, 2.75) is 12.3 Å². The fourth-order valence-electron chi connectivity index (χ4n) is 1.02. The average Bonchev–Trinajstić information content (AvgIpc) is 2.33. The first kappa shape index (κ1) is 15.7. The Hall–Kier alpha value is -2.33. The Labute approximate surface area is 99.0 Å². The first-order chi connectivity index (χ1) is 8.20. The zero-order valence-electron chi connectivity index (χ0n) is 9.32. The van der Waals surface area contributed by atoms with Crippen molar-refractivity contribution in [3.63, 3.8) is 0 Å². The van der Waals surface area contributed by atoms with Crippen molar-refractivity contribution < 1.29 is 33.3 Å². The van der Waals surface area contributed by atoms with Gasteiger partial charge >= 0.3 is 17.9 Å². The topological polar surface area (TPSA) is 139 Å². The van der Waals surface area contributed by atoms with Gasteiger partial charge in [0.25, 0.3) is 0 Å². The van der Waals surface area contributed by atoms with Crippen LogP contribution in [0.15, 0.2) is 0 Å². The molecule has 0 amide bonds. The van der Waals surface area contributed by atoms with Gasteiger partial charge in [-0.15, -0.1) is 0 Å². The summed E-state index contributed by atoms with van der Waals surface area (Å²) in [5.41, 5.74) is 0.